The lowest BCUT2D eigenvalue weighted by atomic mass is 9.94. The van der Waals surface area contributed by atoms with Crippen LogP contribution in [0.4, 0.5) is 0 Å². The topological polar surface area (TPSA) is 35.2 Å². The Balaban J connectivity index is 1.96. The Morgan fingerprint density at radius 1 is 1.00 bits per heavy atom. The van der Waals surface area contributed by atoms with E-state index in [-0.39, 0.29) is 12.1 Å². The van der Waals surface area contributed by atoms with Gasteiger partial charge < -0.3 is 10.5 Å². The minimum absolute atomic E-state index is 0.0667. The van der Waals surface area contributed by atoms with Gasteiger partial charge in [-0.25, -0.2) is 0 Å². The summed E-state index contributed by atoms with van der Waals surface area (Å²) in [5.74, 6) is 0. The van der Waals surface area contributed by atoms with Crippen LogP contribution in [0.5, 0.6) is 0 Å². The predicted octanol–water partition coefficient (Wildman–Crippen LogP) is 3.62. The average Bonchev–Trinajstić information content (AvgIpc) is 3.09. The van der Waals surface area contributed by atoms with E-state index in [0.29, 0.717) is 0 Å². The highest BCUT2D eigenvalue weighted by Gasteiger charge is 2.22. The van der Waals surface area contributed by atoms with Crippen LogP contribution in [-0.4, -0.2) is 18.8 Å². The highest BCUT2D eigenvalue weighted by molar-refractivity contribution is 5.80. The van der Waals surface area contributed by atoms with Gasteiger partial charge in [-0.3, -0.25) is 0 Å². The molecule has 0 saturated carbocycles. The van der Waals surface area contributed by atoms with Gasteiger partial charge in [0.15, 0.2) is 0 Å². The minimum atomic E-state index is -0.0667. The largest absolute Gasteiger partial charge is 0.376 e. The SMILES string of the molecule is N[C@H](C=C(c1ccccc1)c1ccccc1)[C@H]1CCCO1. The van der Waals surface area contributed by atoms with Gasteiger partial charge in [0, 0.05) is 6.61 Å². The molecule has 0 bridgehead atoms. The Labute approximate surface area is 126 Å². The molecule has 2 N–H and O–H groups in total. The molecule has 3 rings (SSSR count). The summed E-state index contributed by atoms with van der Waals surface area (Å²) in [4.78, 5) is 0. The van der Waals surface area contributed by atoms with Crippen LogP contribution in [0.25, 0.3) is 5.57 Å². The smallest absolute Gasteiger partial charge is 0.0762 e. The number of hydrogen-bond acceptors (Lipinski definition) is 2. The molecule has 1 fully saturated rings. The molecule has 0 aliphatic carbocycles. The molecule has 1 heterocycles. The van der Waals surface area contributed by atoms with E-state index in [4.69, 9.17) is 10.5 Å². The van der Waals surface area contributed by atoms with Gasteiger partial charge in [-0.05, 0) is 29.5 Å². The van der Waals surface area contributed by atoms with Crippen molar-refractivity contribution in [3.8, 4) is 0 Å². The summed E-state index contributed by atoms with van der Waals surface area (Å²) in [5, 5.41) is 0. The molecule has 0 amide bonds. The average molecular weight is 279 g/mol. The van der Waals surface area contributed by atoms with E-state index in [1.54, 1.807) is 0 Å². The van der Waals surface area contributed by atoms with Crippen molar-refractivity contribution in [1.29, 1.82) is 0 Å². The second-order valence-electron chi connectivity index (χ2n) is 5.44. The first kappa shape index (κ1) is 14.1. The van der Waals surface area contributed by atoms with Gasteiger partial charge >= 0.3 is 0 Å². The van der Waals surface area contributed by atoms with Crippen LogP contribution in [0.1, 0.15) is 24.0 Å². The third-order valence-electron chi connectivity index (χ3n) is 3.92. The molecule has 2 heteroatoms. The van der Waals surface area contributed by atoms with Gasteiger partial charge in [0.1, 0.15) is 0 Å². The Morgan fingerprint density at radius 2 is 1.57 bits per heavy atom. The lowest BCUT2D eigenvalue weighted by molar-refractivity contribution is 0.101. The third-order valence-corrected chi connectivity index (χ3v) is 3.92. The van der Waals surface area contributed by atoms with Gasteiger partial charge in [-0.2, -0.15) is 0 Å². The standard InChI is InChI=1S/C19H21NO/c20-18(19-12-7-13-21-19)14-17(15-8-3-1-4-9-15)16-10-5-2-6-11-16/h1-6,8-11,14,18-19H,7,12-13,20H2/t18-,19-/m1/s1. The summed E-state index contributed by atoms with van der Waals surface area (Å²) in [6.07, 6.45) is 4.46. The van der Waals surface area contributed by atoms with Crippen molar-refractivity contribution < 1.29 is 4.74 Å². The highest BCUT2D eigenvalue weighted by atomic mass is 16.5. The monoisotopic (exact) mass is 279 g/mol. The van der Waals surface area contributed by atoms with Crippen LogP contribution in [0.3, 0.4) is 0 Å². The molecule has 1 aliphatic heterocycles. The number of ether oxygens (including phenoxy) is 1. The van der Waals surface area contributed by atoms with Crippen LogP contribution >= 0.6 is 0 Å². The van der Waals surface area contributed by atoms with Crippen LogP contribution in [0.15, 0.2) is 66.7 Å². The Morgan fingerprint density at radius 3 is 2.05 bits per heavy atom. The van der Waals surface area contributed by atoms with Crippen molar-refractivity contribution in [3.63, 3.8) is 0 Å². The minimum Gasteiger partial charge on any atom is -0.376 e. The van der Waals surface area contributed by atoms with Crippen molar-refractivity contribution in [3.05, 3.63) is 77.9 Å². The van der Waals surface area contributed by atoms with Gasteiger partial charge in [0.25, 0.3) is 0 Å². The first-order valence-electron chi connectivity index (χ1n) is 7.54. The summed E-state index contributed by atoms with van der Waals surface area (Å²) >= 11 is 0. The van der Waals surface area contributed by atoms with E-state index < -0.39 is 0 Å². The van der Waals surface area contributed by atoms with E-state index >= 15 is 0 Å². The van der Waals surface area contributed by atoms with E-state index in [1.807, 2.05) is 12.1 Å². The van der Waals surface area contributed by atoms with Crippen molar-refractivity contribution in [2.45, 2.75) is 25.0 Å². The Hall–Kier alpha value is -1.90. The van der Waals surface area contributed by atoms with Gasteiger partial charge in [0.05, 0.1) is 12.1 Å². The maximum atomic E-state index is 6.35. The first-order chi connectivity index (χ1) is 10.3. The molecule has 2 aromatic rings. The Bertz CT molecular complexity index is 544. The normalized spacial score (nSPS) is 19.2. The van der Waals surface area contributed by atoms with Gasteiger partial charge in [-0.1, -0.05) is 66.7 Å². The van der Waals surface area contributed by atoms with Gasteiger partial charge in [-0.15, -0.1) is 0 Å². The molecule has 108 valence electrons. The molecule has 1 saturated heterocycles. The second-order valence-corrected chi connectivity index (χ2v) is 5.44. The molecule has 0 radical (unpaired) electrons. The lowest BCUT2D eigenvalue weighted by Gasteiger charge is -2.17. The van der Waals surface area contributed by atoms with Crippen molar-refractivity contribution >= 4 is 5.57 Å². The first-order valence-corrected chi connectivity index (χ1v) is 7.54. The summed E-state index contributed by atoms with van der Waals surface area (Å²) in [6.45, 7) is 0.832. The fraction of sp³-hybridized carbons (Fsp3) is 0.263. The molecule has 0 spiro atoms. The van der Waals surface area contributed by atoms with Crippen LogP contribution in [0, 0.1) is 0 Å². The molecule has 2 atom stereocenters. The maximum absolute atomic E-state index is 6.35. The van der Waals surface area contributed by atoms with Crippen LogP contribution < -0.4 is 5.73 Å². The molecular weight excluding hydrogens is 258 g/mol. The van der Waals surface area contributed by atoms with Crippen molar-refractivity contribution in [2.75, 3.05) is 6.61 Å². The zero-order valence-corrected chi connectivity index (χ0v) is 12.1. The number of benzene rings is 2. The molecule has 0 aromatic heterocycles. The lowest BCUT2D eigenvalue weighted by Crippen LogP contribution is -2.32. The van der Waals surface area contributed by atoms with Crippen LogP contribution in [0.2, 0.25) is 0 Å². The second kappa shape index (κ2) is 6.70. The van der Waals surface area contributed by atoms with E-state index in [0.717, 1.165) is 19.4 Å². The van der Waals surface area contributed by atoms with E-state index in [9.17, 15) is 0 Å². The highest BCUT2D eigenvalue weighted by Crippen LogP contribution is 2.25. The third kappa shape index (κ3) is 3.41. The Kier molecular flexibility index (Phi) is 4.49. The number of hydrogen-bond donors (Lipinski definition) is 1. The summed E-state index contributed by atoms with van der Waals surface area (Å²) in [7, 11) is 0. The molecule has 0 unspecified atom stereocenters. The zero-order chi connectivity index (χ0) is 14.5. The number of nitrogens with two attached hydrogens (primary N) is 1. The summed E-state index contributed by atoms with van der Waals surface area (Å²) in [6, 6.07) is 20.7. The number of rotatable bonds is 4. The van der Waals surface area contributed by atoms with Crippen molar-refractivity contribution in [2.24, 2.45) is 5.73 Å². The van der Waals surface area contributed by atoms with E-state index in [2.05, 4.69) is 54.6 Å². The molecule has 2 aromatic carbocycles. The van der Waals surface area contributed by atoms with Gasteiger partial charge in [0.2, 0.25) is 0 Å². The summed E-state index contributed by atoms with van der Waals surface area (Å²) in [5.41, 5.74) is 9.92. The molecular formula is C19H21NO. The molecule has 1 aliphatic rings. The quantitative estimate of drug-likeness (QED) is 0.927. The van der Waals surface area contributed by atoms with Crippen LogP contribution in [-0.2, 0) is 4.74 Å². The predicted molar refractivity (Wildman–Crippen MR) is 86.9 cm³/mol. The summed E-state index contributed by atoms with van der Waals surface area (Å²) < 4.78 is 5.72. The fourth-order valence-corrected chi connectivity index (χ4v) is 2.80. The maximum Gasteiger partial charge on any atom is 0.0762 e. The van der Waals surface area contributed by atoms with E-state index in [1.165, 1.54) is 16.7 Å². The zero-order valence-electron chi connectivity index (χ0n) is 12.1. The fourth-order valence-electron chi connectivity index (χ4n) is 2.80. The molecule has 21 heavy (non-hydrogen) atoms. The molecule has 2 nitrogen and oxygen atoms in total. The van der Waals surface area contributed by atoms with Crippen molar-refractivity contribution in [1.82, 2.24) is 0 Å².